The molecule has 2 N–H and O–H groups in total. The lowest BCUT2D eigenvalue weighted by Gasteiger charge is -2.06. The zero-order chi connectivity index (χ0) is 10.8. The monoisotopic (exact) mass is 216 g/mol. The lowest BCUT2D eigenvalue weighted by Crippen LogP contribution is -2.15. The van der Waals surface area contributed by atoms with Gasteiger partial charge in [-0.05, 0) is 42.5 Å². The molecule has 1 heterocycles. The Morgan fingerprint density at radius 2 is 2.25 bits per heavy atom. The number of rotatable bonds is 5. The van der Waals surface area contributed by atoms with E-state index in [4.69, 9.17) is 0 Å². The van der Waals surface area contributed by atoms with E-state index in [-0.39, 0.29) is 0 Å². The standard InChI is InChI=1S/C14H20N2/c1-2-11(1)5-7-15-10-12-3-4-14-13(9-12)6-8-16-14/h3-4,9,11,15-16H,1-2,5-8,10H2. The molecule has 3 rings (SSSR count). The Morgan fingerprint density at radius 3 is 3.12 bits per heavy atom. The highest BCUT2D eigenvalue weighted by Gasteiger charge is 2.19. The van der Waals surface area contributed by atoms with Crippen LogP contribution in [0.15, 0.2) is 18.2 Å². The Kier molecular flexibility index (Phi) is 2.83. The molecule has 1 aromatic carbocycles. The molecule has 1 aromatic rings. The van der Waals surface area contributed by atoms with Gasteiger partial charge in [0.05, 0.1) is 0 Å². The van der Waals surface area contributed by atoms with Crippen molar-refractivity contribution in [1.29, 1.82) is 0 Å². The smallest absolute Gasteiger partial charge is 0.0373 e. The summed E-state index contributed by atoms with van der Waals surface area (Å²) in [6.07, 6.45) is 5.48. The first-order valence-corrected chi connectivity index (χ1v) is 6.48. The molecule has 1 fully saturated rings. The van der Waals surface area contributed by atoms with Crippen LogP contribution >= 0.6 is 0 Å². The fraction of sp³-hybridized carbons (Fsp3) is 0.571. The molecule has 2 heteroatoms. The fourth-order valence-electron chi connectivity index (χ4n) is 2.41. The summed E-state index contributed by atoms with van der Waals surface area (Å²) in [7, 11) is 0. The zero-order valence-corrected chi connectivity index (χ0v) is 9.76. The van der Waals surface area contributed by atoms with Crippen LogP contribution in [-0.4, -0.2) is 13.1 Å². The summed E-state index contributed by atoms with van der Waals surface area (Å²) in [5.41, 5.74) is 4.25. The van der Waals surface area contributed by atoms with Crippen LogP contribution in [0.2, 0.25) is 0 Å². The van der Waals surface area contributed by atoms with Gasteiger partial charge in [-0.1, -0.05) is 25.0 Å². The normalized spacial score (nSPS) is 18.2. The number of hydrogen-bond acceptors (Lipinski definition) is 2. The van der Waals surface area contributed by atoms with Crippen LogP contribution in [0.4, 0.5) is 5.69 Å². The molecule has 2 aliphatic rings. The van der Waals surface area contributed by atoms with Crippen molar-refractivity contribution in [3.8, 4) is 0 Å². The summed E-state index contributed by atoms with van der Waals surface area (Å²) in [4.78, 5) is 0. The van der Waals surface area contributed by atoms with E-state index in [9.17, 15) is 0 Å². The second kappa shape index (κ2) is 4.46. The summed E-state index contributed by atoms with van der Waals surface area (Å²) >= 11 is 0. The van der Waals surface area contributed by atoms with Crippen molar-refractivity contribution in [2.45, 2.75) is 32.2 Å². The van der Waals surface area contributed by atoms with Gasteiger partial charge in [0.15, 0.2) is 0 Å². The van der Waals surface area contributed by atoms with Gasteiger partial charge in [-0.3, -0.25) is 0 Å². The van der Waals surface area contributed by atoms with Crippen LogP contribution in [0.3, 0.4) is 0 Å². The first-order chi connectivity index (χ1) is 7.92. The summed E-state index contributed by atoms with van der Waals surface area (Å²) in [5.74, 6) is 1.04. The molecule has 1 aliphatic carbocycles. The first kappa shape index (κ1) is 10.2. The SMILES string of the molecule is c1cc2c(cc1CNCCC1CC1)CCN2. The number of anilines is 1. The highest BCUT2D eigenvalue weighted by atomic mass is 14.9. The lowest BCUT2D eigenvalue weighted by atomic mass is 10.1. The van der Waals surface area contributed by atoms with E-state index in [0.717, 1.165) is 19.0 Å². The van der Waals surface area contributed by atoms with E-state index < -0.39 is 0 Å². The number of benzene rings is 1. The molecule has 0 amide bonds. The number of nitrogens with one attached hydrogen (secondary N) is 2. The Balaban J connectivity index is 1.49. The minimum absolute atomic E-state index is 1.03. The largest absolute Gasteiger partial charge is 0.384 e. The molecule has 0 radical (unpaired) electrons. The zero-order valence-electron chi connectivity index (χ0n) is 9.76. The third kappa shape index (κ3) is 2.38. The van der Waals surface area contributed by atoms with Gasteiger partial charge in [0.2, 0.25) is 0 Å². The molecule has 0 aromatic heterocycles. The average molecular weight is 216 g/mol. The van der Waals surface area contributed by atoms with E-state index in [0.29, 0.717) is 0 Å². The van der Waals surface area contributed by atoms with Crippen molar-refractivity contribution < 1.29 is 0 Å². The maximum absolute atomic E-state index is 3.54. The van der Waals surface area contributed by atoms with Crippen molar-refractivity contribution in [1.82, 2.24) is 5.32 Å². The van der Waals surface area contributed by atoms with Gasteiger partial charge >= 0.3 is 0 Å². The van der Waals surface area contributed by atoms with Crippen LogP contribution in [0.25, 0.3) is 0 Å². The van der Waals surface area contributed by atoms with Gasteiger partial charge in [0, 0.05) is 18.8 Å². The van der Waals surface area contributed by atoms with Crippen LogP contribution in [-0.2, 0) is 13.0 Å². The van der Waals surface area contributed by atoms with Gasteiger partial charge in [-0.2, -0.15) is 0 Å². The molecule has 0 saturated heterocycles. The molecule has 0 atom stereocenters. The predicted octanol–water partition coefficient (Wildman–Crippen LogP) is 2.54. The minimum atomic E-state index is 1.03. The molecule has 86 valence electrons. The van der Waals surface area contributed by atoms with E-state index in [2.05, 4.69) is 28.8 Å². The van der Waals surface area contributed by atoms with Crippen LogP contribution in [0.5, 0.6) is 0 Å². The molecule has 1 aliphatic heterocycles. The second-order valence-electron chi connectivity index (χ2n) is 5.08. The molecule has 16 heavy (non-hydrogen) atoms. The Bertz CT molecular complexity index is 369. The molecular formula is C14H20N2. The number of hydrogen-bond donors (Lipinski definition) is 2. The van der Waals surface area contributed by atoms with Gasteiger partial charge in [-0.15, -0.1) is 0 Å². The topological polar surface area (TPSA) is 24.1 Å². The van der Waals surface area contributed by atoms with Crippen LogP contribution in [0, 0.1) is 5.92 Å². The van der Waals surface area contributed by atoms with Gasteiger partial charge in [-0.25, -0.2) is 0 Å². The average Bonchev–Trinajstić information content (AvgIpc) is 3.01. The maximum Gasteiger partial charge on any atom is 0.0373 e. The second-order valence-corrected chi connectivity index (χ2v) is 5.08. The maximum atomic E-state index is 3.54. The van der Waals surface area contributed by atoms with Gasteiger partial charge < -0.3 is 10.6 Å². The fourth-order valence-corrected chi connectivity index (χ4v) is 2.41. The first-order valence-electron chi connectivity index (χ1n) is 6.48. The molecule has 0 bridgehead atoms. The highest BCUT2D eigenvalue weighted by molar-refractivity contribution is 5.56. The Labute approximate surface area is 97.4 Å². The van der Waals surface area contributed by atoms with Crippen molar-refractivity contribution in [2.75, 3.05) is 18.4 Å². The molecule has 2 nitrogen and oxygen atoms in total. The van der Waals surface area contributed by atoms with E-state index in [1.54, 1.807) is 0 Å². The molecule has 1 saturated carbocycles. The van der Waals surface area contributed by atoms with Crippen LogP contribution in [0.1, 0.15) is 30.4 Å². The lowest BCUT2D eigenvalue weighted by molar-refractivity contribution is 0.613. The summed E-state index contributed by atoms with van der Waals surface area (Å²) in [5, 5.41) is 6.94. The van der Waals surface area contributed by atoms with E-state index in [1.165, 1.54) is 49.0 Å². The molecular weight excluding hydrogens is 196 g/mol. The van der Waals surface area contributed by atoms with Gasteiger partial charge in [0.1, 0.15) is 0 Å². The van der Waals surface area contributed by atoms with Crippen molar-refractivity contribution in [3.63, 3.8) is 0 Å². The van der Waals surface area contributed by atoms with E-state index >= 15 is 0 Å². The van der Waals surface area contributed by atoms with Crippen molar-refractivity contribution in [3.05, 3.63) is 29.3 Å². The van der Waals surface area contributed by atoms with Crippen LogP contribution < -0.4 is 10.6 Å². The number of fused-ring (bicyclic) bond motifs is 1. The summed E-state index contributed by atoms with van der Waals surface area (Å²) < 4.78 is 0. The highest BCUT2D eigenvalue weighted by Crippen LogP contribution is 2.31. The summed E-state index contributed by atoms with van der Waals surface area (Å²) in [6, 6.07) is 6.81. The van der Waals surface area contributed by atoms with E-state index in [1.807, 2.05) is 0 Å². The molecule has 0 unspecified atom stereocenters. The van der Waals surface area contributed by atoms with Gasteiger partial charge in [0.25, 0.3) is 0 Å². The Morgan fingerprint density at radius 1 is 1.31 bits per heavy atom. The molecule has 0 spiro atoms. The Hall–Kier alpha value is -1.02. The predicted molar refractivity (Wildman–Crippen MR) is 67.7 cm³/mol. The third-order valence-corrected chi connectivity index (χ3v) is 3.63. The quantitative estimate of drug-likeness (QED) is 0.739. The van der Waals surface area contributed by atoms with Crippen molar-refractivity contribution in [2.24, 2.45) is 5.92 Å². The summed E-state index contributed by atoms with van der Waals surface area (Å²) in [6.45, 7) is 3.31. The minimum Gasteiger partial charge on any atom is -0.384 e. The van der Waals surface area contributed by atoms with Crippen molar-refractivity contribution >= 4 is 5.69 Å². The third-order valence-electron chi connectivity index (χ3n) is 3.63.